The number of ether oxygens (including phenoxy) is 1. The van der Waals surface area contributed by atoms with Crippen molar-refractivity contribution in [2.45, 2.75) is 50.7 Å². The minimum Gasteiger partial charge on any atom is -0.394 e. The number of carbonyl (C=O) groups is 3. The lowest BCUT2D eigenvalue weighted by molar-refractivity contribution is -0.178. The predicted molar refractivity (Wildman–Crippen MR) is 147 cm³/mol. The van der Waals surface area contributed by atoms with Gasteiger partial charge in [-0.25, -0.2) is 15.0 Å². The lowest BCUT2D eigenvalue weighted by Crippen LogP contribution is -2.43. The average Bonchev–Trinajstić information content (AvgIpc) is 3.60. The number of benzene rings is 2. The zero-order valence-corrected chi connectivity index (χ0v) is 23.0. The molecule has 1 saturated heterocycles. The van der Waals surface area contributed by atoms with Crippen LogP contribution < -0.4 is 5.32 Å². The lowest BCUT2D eigenvalue weighted by Gasteiger charge is -2.28. The maximum absolute atomic E-state index is 13.1. The fourth-order valence-corrected chi connectivity index (χ4v) is 5.11. The van der Waals surface area contributed by atoms with Crippen LogP contribution >= 0.6 is 0 Å². The zero-order valence-electron chi connectivity index (χ0n) is 23.0. The second-order valence-electron chi connectivity index (χ2n) is 11.0. The summed E-state index contributed by atoms with van der Waals surface area (Å²) >= 11 is 0. The number of rotatable bonds is 6. The molecule has 2 aromatic carbocycles. The Morgan fingerprint density at radius 3 is 2.29 bits per heavy atom. The Kier molecular flexibility index (Phi) is 6.81. The van der Waals surface area contributed by atoms with Crippen molar-refractivity contribution < 1.29 is 34.2 Å². The van der Waals surface area contributed by atoms with E-state index in [4.69, 9.17) is 14.6 Å². The largest absolute Gasteiger partial charge is 0.394 e. The lowest BCUT2D eigenvalue weighted by atomic mass is 9.95. The number of hydrogen-bond donors (Lipinski definition) is 3. The number of nitrogens with one attached hydrogen (secondary N) is 1. The van der Waals surface area contributed by atoms with Gasteiger partial charge in [0.25, 0.3) is 17.7 Å². The monoisotopic (exact) mass is 572 g/mol. The van der Waals surface area contributed by atoms with Gasteiger partial charge >= 0.3 is 0 Å². The van der Waals surface area contributed by atoms with Crippen molar-refractivity contribution in [3.63, 3.8) is 0 Å². The quantitative estimate of drug-likeness (QED) is 0.291. The van der Waals surface area contributed by atoms with Gasteiger partial charge in [0.1, 0.15) is 24.4 Å². The molecule has 3 amide bonds. The van der Waals surface area contributed by atoms with Gasteiger partial charge in [-0.15, -0.1) is 5.06 Å². The Morgan fingerprint density at radius 2 is 1.67 bits per heavy atom. The van der Waals surface area contributed by atoms with E-state index in [1.165, 1.54) is 18.5 Å². The van der Waals surface area contributed by atoms with Crippen molar-refractivity contribution in [3.05, 3.63) is 83.4 Å². The summed E-state index contributed by atoms with van der Waals surface area (Å²) in [7, 11) is 0. The molecule has 3 N–H and O–H groups in total. The number of aromatic nitrogens is 4. The van der Waals surface area contributed by atoms with Crippen LogP contribution in [0.15, 0.2) is 60.9 Å². The molecule has 1 fully saturated rings. The van der Waals surface area contributed by atoms with Crippen molar-refractivity contribution in [1.82, 2.24) is 24.6 Å². The summed E-state index contributed by atoms with van der Waals surface area (Å²) in [5.74, 6) is -1.20. The highest BCUT2D eigenvalue weighted by Crippen LogP contribution is 2.40. The van der Waals surface area contributed by atoms with Gasteiger partial charge in [0.15, 0.2) is 29.3 Å². The zero-order chi connectivity index (χ0) is 29.8. The third kappa shape index (κ3) is 4.52. The van der Waals surface area contributed by atoms with Crippen LogP contribution in [0.3, 0.4) is 0 Å². The molecule has 42 heavy (non-hydrogen) atoms. The molecular formula is C29H28N6O7. The summed E-state index contributed by atoms with van der Waals surface area (Å²) in [5, 5.41) is 24.5. The molecule has 0 bridgehead atoms. The number of aliphatic hydroxyl groups excluding tert-OH is 2. The Morgan fingerprint density at radius 1 is 1.02 bits per heavy atom. The number of imide groups is 1. The van der Waals surface area contributed by atoms with Crippen LogP contribution in [-0.2, 0) is 15.0 Å². The van der Waals surface area contributed by atoms with E-state index in [0.717, 1.165) is 0 Å². The molecule has 0 aliphatic carbocycles. The van der Waals surface area contributed by atoms with Crippen LogP contribution in [0.5, 0.6) is 0 Å². The molecule has 13 heteroatoms. The van der Waals surface area contributed by atoms with E-state index in [2.05, 4.69) is 15.3 Å². The number of anilines is 1. The van der Waals surface area contributed by atoms with Crippen LogP contribution in [0.2, 0.25) is 0 Å². The summed E-state index contributed by atoms with van der Waals surface area (Å²) in [6.07, 6.45) is -3.82. The topological polar surface area (TPSA) is 169 Å². The van der Waals surface area contributed by atoms with Gasteiger partial charge in [-0.05, 0) is 24.3 Å². The van der Waals surface area contributed by atoms with Gasteiger partial charge < -0.3 is 20.3 Å². The predicted octanol–water partition coefficient (Wildman–Crippen LogP) is 2.22. The molecule has 0 unspecified atom stereocenters. The Hall–Kier alpha value is -4.56. The Balaban J connectivity index is 1.43. The van der Waals surface area contributed by atoms with Crippen LogP contribution in [0, 0.1) is 0 Å². The van der Waals surface area contributed by atoms with Crippen molar-refractivity contribution in [1.29, 1.82) is 0 Å². The fourth-order valence-electron chi connectivity index (χ4n) is 5.11. The molecule has 216 valence electrons. The van der Waals surface area contributed by atoms with E-state index >= 15 is 0 Å². The smallest absolute Gasteiger partial charge is 0.285 e. The van der Waals surface area contributed by atoms with E-state index < -0.39 is 54.3 Å². The summed E-state index contributed by atoms with van der Waals surface area (Å²) in [6.45, 7) is 5.13. The highest BCUT2D eigenvalue weighted by atomic mass is 16.7. The number of hydrogen-bond acceptors (Lipinski definition) is 10. The van der Waals surface area contributed by atoms with Gasteiger partial charge in [0.05, 0.1) is 17.7 Å². The van der Waals surface area contributed by atoms with Crippen molar-refractivity contribution in [3.8, 4) is 0 Å². The molecule has 0 spiro atoms. The summed E-state index contributed by atoms with van der Waals surface area (Å²) in [5.41, 5.74) is 0.610. The molecule has 13 nitrogen and oxygen atoms in total. The molecule has 4 heterocycles. The second kappa shape index (κ2) is 10.4. The van der Waals surface area contributed by atoms with E-state index in [1.807, 2.05) is 20.8 Å². The SMILES string of the molecule is CC(C)(C)c1nc2c(NC(=O)c3ccccc3)ncnc2n1[C@@H]1O[C@H](CO)[C@@H](O)[C@H]1ON1C(=O)c2ccccc2C1=O. The first-order chi connectivity index (χ1) is 20.1. The third-order valence-electron chi connectivity index (χ3n) is 7.15. The molecule has 0 radical (unpaired) electrons. The number of imidazole rings is 1. The summed E-state index contributed by atoms with van der Waals surface area (Å²) < 4.78 is 7.65. The maximum atomic E-state index is 13.1. The number of aliphatic hydroxyl groups is 2. The number of carbonyl (C=O) groups excluding carboxylic acids is 3. The van der Waals surface area contributed by atoms with Gasteiger partial charge in [-0.3, -0.25) is 23.8 Å². The van der Waals surface area contributed by atoms with Crippen molar-refractivity contribution in [2.24, 2.45) is 0 Å². The first-order valence-electron chi connectivity index (χ1n) is 13.3. The molecular weight excluding hydrogens is 544 g/mol. The Labute approximate surface area is 239 Å². The number of amides is 3. The van der Waals surface area contributed by atoms with E-state index in [9.17, 15) is 24.6 Å². The standard InChI is InChI=1S/C29H28N6O7/c1-29(2,3)28-32-19-22(33-24(38)15-9-5-4-6-10-15)30-14-31-23(19)34(28)27-21(20(37)18(13-36)41-27)42-35-25(39)16-11-7-8-12-17(16)26(35)40/h4-12,14,18,20-21,27,36-37H,13H2,1-3H3,(H,30,31,33,38)/t18-,20-,21-,27-/m1/s1. The van der Waals surface area contributed by atoms with Crippen LogP contribution in [-0.4, -0.2) is 77.4 Å². The van der Waals surface area contributed by atoms with Crippen LogP contribution in [0.25, 0.3) is 11.2 Å². The average molecular weight is 573 g/mol. The van der Waals surface area contributed by atoms with Gasteiger partial charge in [0, 0.05) is 11.0 Å². The first kappa shape index (κ1) is 27.6. The highest BCUT2D eigenvalue weighted by molar-refractivity contribution is 6.20. The van der Waals surface area contributed by atoms with Crippen molar-refractivity contribution in [2.75, 3.05) is 11.9 Å². The molecule has 6 rings (SSSR count). The number of nitrogens with zero attached hydrogens (tertiary/aromatic N) is 5. The van der Waals surface area contributed by atoms with Crippen LogP contribution in [0.1, 0.15) is 63.9 Å². The number of hydroxylamine groups is 2. The van der Waals surface area contributed by atoms with Crippen LogP contribution in [0.4, 0.5) is 5.82 Å². The highest BCUT2D eigenvalue weighted by Gasteiger charge is 2.51. The molecule has 4 aromatic rings. The van der Waals surface area contributed by atoms with E-state index in [1.54, 1.807) is 47.0 Å². The molecule has 0 saturated carbocycles. The molecule has 4 atom stereocenters. The van der Waals surface area contributed by atoms with Gasteiger partial charge in [-0.2, -0.15) is 0 Å². The fraction of sp³-hybridized carbons (Fsp3) is 0.310. The molecule has 2 aliphatic rings. The summed E-state index contributed by atoms with van der Waals surface area (Å²) in [4.78, 5) is 58.5. The van der Waals surface area contributed by atoms with Crippen molar-refractivity contribution >= 4 is 34.7 Å². The summed E-state index contributed by atoms with van der Waals surface area (Å²) in [6, 6.07) is 14.9. The maximum Gasteiger partial charge on any atom is 0.285 e. The van der Waals surface area contributed by atoms with Gasteiger partial charge in [-0.1, -0.05) is 51.1 Å². The first-order valence-corrected chi connectivity index (χ1v) is 13.3. The minimum atomic E-state index is -1.44. The van der Waals surface area contributed by atoms with Gasteiger partial charge in [0.2, 0.25) is 0 Å². The Bertz CT molecular complexity index is 1660. The number of fused-ring (bicyclic) bond motifs is 2. The molecule has 2 aromatic heterocycles. The second-order valence-corrected chi connectivity index (χ2v) is 11.0. The minimum absolute atomic E-state index is 0.146. The molecule has 2 aliphatic heterocycles. The normalized spacial score (nSPS) is 22.2. The third-order valence-corrected chi connectivity index (χ3v) is 7.15. The van der Waals surface area contributed by atoms with E-state index in [0.29, 0.717) is 16.5 Å². The van der Waals surface area contributed by atoms with E-state index in [-0.39, 0.29) is 28.1 Å².